The van der Waals surface area contributed by atoms with Gasteiger partial charge in [0.05, 0.1) is 26.2 Å². The summed E-state index contributed by atoms with van der Waals surface area (Å²) in [5.41, 5.74) is 0. The molecule has 0 saturated heterocycles. The van der Waals surface area contributed by atoms with Crippen molar-refractivity contribution in [1.29, 1.82) is 0 Å². The van der Waals surface area contributed by atoms with Crippen LogP contribution in [0.1, 0.15) is 65.7 Å². The van der Waals surface area contributed by atoms with Crippen molar-refractivity contribution in [2.75, 3.05) is 70.4 Å². The van der Waals surface area contributed by atoms with Crippen LogP contribution in [0, 0.1) is 0 Å². The second-order valence-electron chi connectivity index (χ2n) is 10.6. The fourth-order valence-corrected chi connectivity index (χ4v) is 7.52. The maximum absolute atomic E-state index is 12.7. The molecule has 2 atom stereocenters. The molecule has 0 aromatic heterocycles. The maximum atomic E-state index is 12.7. The number of thioether (sulfide) groups is 2. The Bertz CT molecular complexity index is 799. The van der Waals surface area contributed by atoms with Crippen LogP contribution in [0.2, 0.25) is 0 Å². The van der Waals surface area contributed by atoms with Gasteiger partial charge in [-0.25, -0.2) is 0 Å². The molecule has 0 radical (unpaired) electrons. The molecule has 1 aliphatic rings. The topological polar surface area (TPSA) is 136 Å². The highest BCUT2D eigenvalue weighted by Gasteiger charge is 2.31. The van der Waals surface area contributed by atoms with E-state index in [0.717, 1.165) is 17.4 Å². The van der Waals surface area contributed by atoms with E-state index in [0.29, 0.717) is 50.8 Å². The summed E-state index contributed by atoms with van der Waals surface area (Å²) in [6, 6.07) is 0. The first-order valence-electron chi connectivity index (χ1n) is 14.3. The molecule has 10 nitrogen and oxygen atoms in total. The summed E-state index contributed by atoms with van der Waals surface area (Å²) >= 11 is 4.04. The molecule has 0 spiro atoms. The Morgan fingerprint density at radius 1 is 0.650 bits per heavy atom. The fraction of sp³-hybridized carbons (Fsp3) is 0.821. The molecule has 40 heavy (non-hydrogen) atoms. The Labute approximate surface area is 248 Å². The molecule has 0 heterocycles. The third-order valence-electron chi connectivity index (χ3n) is 6.72. The van der Waals surface area contributed by atoms with Crippen LogP contribution in [0.25, 0.3) is 0 Å². The lowest BCUT2D eigenvalue weighted by atomic mass is 9.99. The van der Waals surface area contributed by atoms with E-state index in [1.165, 1.54) is 50.2 Å². The van der Waals surface area contributed by atoms with Gasteiger partial charge in [-0.15, -0.1) is 0 Å². The van der Waals surface area contributed by atoms with Crippen LogP contribution < -0.4 is 0 Å². The van der Waals surface area contributed by atoms with Crippen LogP contribution in [0.4, 0.5) is 0 Å². The highest BCUT2D eigenvalue weighted by Crippen LogP contribution is 2.40. The maximum Gasteiger partial charge on any atom is 0.317 e. The van der Waals surface area contributed by atoms with E-state index in [4.69, 9.17) is 5.11 Å². The Morgan fingerprint density at radius 3 is 1.60 bits per heavy atom. The molecular formula is C28H49N3O7S2. The third-order valence-corrected chi connectivity index (χ3v) is 9.93. The van der Waals surface area contributed by atoms with Gasteiger partial charge in [-0.2, -0.15) is 23.5 Å². The normalized spacial score (nSPS) is 16.9. The van der Waals surface area contributed by atoms with Gasteiger partial charge < -0.3 is 15.1 Å². The molecule has 1 fully saturated rings. The van der Waals surface area contributed by atoms with Gasteiger partial charge in [0.2, 0.25) is 0 Å². The number of carbonyl (C=O) groups excluding carboxylic acids is 3. The average molecular weight is 604 g/mol. The molecule has 0 bridgehead atoms. The van der Waals surface area contributed by atoms with Gasteiger partial charge in [-0.3, -0.25) is 33.8 Å². The van der Waals surface area contributed by atoms with Crippen LogP contribution in [-0.4, -0.2) is 135 Å². The van der Waals surface area contributed by atoms with E-state index in [9.17, 15) is 29.1 Å². The summed E-state index contributed by atoms with van der Waals surface area (Å²) in [5.74, 6) is 0.0178. The number of carboxylic acids is 2. The second kappa shape index (κ2) is 21.3. The predicted molar refractivity (Wildman–Crippen MR) is 161 cm³/mol. The molecule has 1 aliphatic carbocycles. The monoisotopic (exact) mass is 603 g/mol. The van der Waals surface area contributed by atoms with Crippen LogP contribution in [0.5, 0.6) is 0 Å². The van der Waals surface area contributed by atoms with Gasteiger partial charge >= 0.3 is 11.9 Å². The zero-order valence-corrected chi connectivity index (χ0v) is 26.1. The molecule has 0 aliphatic heterocycles. The molecule has 2 N–H and O–H groups in total. The first-order chi connectivity index (χ1) is 19.0. The van der Waals surface area contributed by atoms with Gasteiger partial charge in [-0.1, -0.05) is 13.3 Å². The molecule has 1 rings (SSSR count). The number of hydrogen-bond donors (Lipinski definition) is 2. The standard InChI is InChI=1S/C28H49N3O7S2/c1-4-5-16-39-25-8-9-26(25)40-17-6-7-24(34)19-31(21-28(37)38)15-13-29(11-10-22(2)32)12-14-30(18-23(3)33)20-27(35)36/h25-26H,4-21H2,1-3H3,(H,35,36)(H,37,38). The molecule has 0 aromatic rings. The van der Waals surface area contributed by atoms with Crippen molar-refractivity contribution in [2.45, 2.75) is 76.2 Å². The summed E-state index contributed by atoms with van der Waals surface area (Å²) in [5, 5.41) is 20.0. The predicted octanol–water partition coefficient (Wildman–Crippen LogP) is 2.78. The Kier molecular flexibility index (Phi) is 19.4. The Hall–Kier alpha value is -1.47. The van der Waals surface area contributed by atoms with E-state index < -0.39 is 11.9 Å². The zero-order chi connectivity index (χ0) is 29.9. The molecule has 0 aromatic carbocycles. The minimum atomic E-state index is -1.03. The largest absolute Gasteiger partial charge is 0.480 e. The number of carboxylic acid groups (broad SMARTS) is 2. The summed E-state index contributed by atoms with van der Waals surface area (Å²) < 4.78 is 0. The van der Waals surface area contributed by atoms with Crippen LogP contribution in [0.3, 0.4) is 0 Å². The lowest BCUT2D eigenvalue weighted by Gasteiger charge is -2.35. The molecular weight excluding hydrogens is 554 g/mol. The van der Waals surface area contributed by atoms with Crippen molar-refractivity contribution in [1.82, 2.24) is 14.7 Å². The van der Waals surface area contributed by atoms with E-state index in [2.05, 4.69) is 18.7 Å². The average Bonchev–Trinajstić information content (AvgIpc) is 2.83. The van der Waals surface area contributed by atoms with Gasteiger partial charge in [0, 0.05) is 56.1 Å². The number of hydrogen-bond acceptors (Lipinski definition) is 10. The summed E-state index contributed by atoms with van der Waals surface area (Å²) in [7, 11) is 0. The molecule has 1 saturated carbocycles. The van der Waals surface area contributed by atoms with E-state index in [1.807, 2.05) is 16.7 Å². The quantitative estimate of drug-likeness (QED) is 0.141. The van der Waals surface area contributed by atoms with Gasteiger partial charge in [0.25, 0.3) is 0 Å². The van der Waals surface area contributed by atoms with Gasteiger partial charge in [0.15, 0.2) is 0 Å². The van der Waals surface area contributed by atoms with E-state index in [-0.39, 0.29) is 43.5 Å². The summed E-state index contributed by atoms with van der Waals surface area (Å²) in [6.07, 6.45) is 6.53. The number of unbranched alkanes of at least 4 members (excludes halogenated alkanes) is 1. The minimum Gasteiger partial charge on any atom is -0.480 e. The number of Topliss-reactive ketones (excluding diaryl/α,β-unsaturated/α-hetero) is 3. The highest BCUT2D eigenvalue weighted by molar-refractivity contribution is 8.03. The van der Waals surface area contributed by atoms with Crippen LogP contribution >= 0.6 is 23.5 Å². The van der Waals surface area contributed by atoms with Crippen molar-refractivity contribution >= 4 is 52.8 Å². The Balaban J connectivity index is 2.54. The van der Waals surface area contributed by atoms with Gasteiger partial charge in [-0.05, 0) is 51.0 Å². The van der Waals surface area contributed by atoms with Crippen molar-refractivity contribution in [3.8, 4) is 0 Å². The zero-order valence-electron chi connectivity index (χ0n) is 24.5. The molecule has 0 amide bonds. The lowest BCUT2D eigenvalue weighted by Crippen LogP contribution is -2.44. The smallest absolute Gasteiger partial charge is 0.317 e. The number of nitrogens with zero attached hydrogens (tertiary/aromatic N) is 3. The molecule has 230 valence electrons. The van der Waals surface area contributed by atoms with Crippen molar-refractivity contribution in [3.63, 3.8) is 0 Å². The number of carbonyl (C=O) groups is 5. The summed E-state index contributed by atoms with van der Waals surface area (Å²) in [4.78, 5) is 63.5. The van der Waals surface area contributed by atoms with Gasteiger partial charge in [0.1, 0.15) is 17.3 Å². The summed E-state index contributed by atoms with van der Waals surface area (Å²) in [6.45, 7) is 6.58. The first kappa shape index (κ1) is 36.6. The third kappa shape index (κ3) is 18.1. The minimum absolute atomic E-state index is 0.0133. The highest BCUT2D eigenvalue weighted by atomic mass is 32.2. The molecule has 2 unspecified atom stereocenters. The first-order valence-corrected chi connectivity index (χ1v) is 16.4. The number of aliphatic carboxylic acids is 2. The van der Waals surface area contributed by atoms with Crippen LogP contribution in [0.15, 0.2) is 0 Å². The fourth-order valence-electron chi connectivity index (χ4n) is 4.37. The second-order valence-corrected chi connectivity index (χ2v) is 13.3. The number of rotatable bonds is 26. The van der Waals surface area contributed by atoms with E-state index in [1.54, 1.807) is 4.90 Å². The molecule has 12 heteroatoms. The Morgan fingerprint density at radius 2 is 1.15 bits per heavy atom. The van der Waals surface area contributed by atoms with Crippen molar-refractivity contribution < 1.29 is 34.2 Å². The van der Waals surface area contributed by atoms with Crippen LogP contribution in [-0.2, 0) is 24.0 Å². The van der Waals surface area contributed by atoms with Crippen molar-refractivity contribution in [2.24, 2.45) is 0 Å². The SMILES string of the molecule is CCCCSC1CCC1SCCCC(=O)CN(CCN(CCC(C)=O)CCN(CC(C)=O)CC(=O)O)CC(=O)O. The van der Waals surface area contributed by atoms with E-state index >= 15 is 0 Å². The lowest BCUT2D eigenvalue weighted by molar-refractivity contribution is -0.139. The van der Waals surface area contributed by atoms with Crippen molar-refractivity contribution in [3.05, 3.63) is 0 Å². The number of ketones is 3.